The Hall–Kier alpha value is -0.610. The van der Waals surface area contributed by atoms with Crippen molar-refractivity contribution in [2.45, 2.75) is 58.0 Å². The predicted octanol–water partition coefficient (Wildman–Crippen LogP) is 1.69. The fourth-order valence-electron chi connectivity index (χ4n) is 2.46. The summed E-state index contributed by atoms with van der Waals surface area (Å²) >= 11 is 0. The summed E-state index contributed by atoms with van der Waals surface area (Å²) in [5.74, 6) is -0.102. The lowest BCUT2D eigenvalue weighted by Crippen LogP contribution is -2.51. The number of carbonyl (C=O) groups is 1. The zero-order chi connectivity index (χ0) is 13.1. The van der Waals surface area contributed by atoms with Crippen molar-refractivity contribution >= 4 is 5.97 Å². The van der Waals surface area contributed by atoms with E-state index in [1.165, 1.54) is 19.3 Å². The fraction of sp³-hybridized carbons (Fsp3) is 0.923. The molecule has 0 aromatic heterocycles. The summed E-state index contributed by atoms with van der Waals surface area (Å²) in [5.41, 5.74) is 4.69. The van der Waals surface area contributed by atoms with Crippen LogP contribution in [0.15, 0.2) is 0 Å². The minimum atomic E-state index is -1.12. The number of nitrogens with zero attached hydrogens (tertiary/aromatic N) is 1. The average molecular weight is 242 g/mol. The van der Waals surface area contributed by atoms with Gasteiger partial charge >= 0.3 is 5.97 Å². The SMILES string of the molecule is CCN(CC1CCC1)C(C)CC(C)(N)C(=O)O. The minimum absolute atomic E-state index is 0.228. The van der Waals surface area contributed by atoms with Crippen molar-refractivity contribution in [3.05, 3.63) is 0 Å². The number of carboxylic acids is 1. The molecule has 1 aliphatic carbocycles. The van der Waals surface area contributed by atoms with Gasteiger partial charge in [-0.15, -0.1) is 0 Å². The molecule has 0 bridgehead atoms. The van der Waals surface area contributed by atoms with Crippen LogP contribution >= 0.6 is 0 Å². The van der Waals surface area contributed by atoms with Crippen molar-refractivity contribution in [3.8, 4) is 0 Å². The molecule has 1 fully saturated rings. The zero-order valence-corrected chi connectivity index (χ0v) is 11.3. The largest absolute Gasteiger partial charge is 0.480 e. The van der Waals surface area contributed by atoms with Gasteiger partial charge in [-0.3, -0.25) is 4.79 Å². The number of nitrogens with two attached hydrogens (primary N) is 1. The second-order valence-corrected chi connectivity index (χ2v) is 5.66. The highest BCUT2D eigenvalue weighted by Crippen LogP contribution is 2.28. The van der Waals surface area contributed by atoms with Crippen LogP contribution < -0.4 is 5.73 Å². The van der Waals surface area contributed by atoms with Gasteiger partial charge in [0.2, 0.25) is 0 Å². The topological polar surface area (TPSA) is 66.6 Å². The minimum Gasteiger partial charge on any atom is -0.480 e. The second kappa shape index (κ2) is 5.83. The van der Waals surface area contributed by atoms with Crippen molar-refractivity contribution in [1.29, 1.82) is 0 Å². The lowest BCUT2D eigenvalue weighted by atomic mass is 9.84. The molecule has 4 heteroatoms. The maximum absolute atomic E-state index is 11.0. The van der Waals surface area contributed by atoms with E-state index in [4.69, 9.17) is 10.8 Å². The molecule has 0 spiro atoms. The summed E-state index contributed by atoms with van der Waals surface area (Å²) in [4.78, 5) is 13.4. The maximum atomic E-state index is 11.0. The predicted molar refractivity (Wildman–Crippen MR) is 68.9 cm³/mol. The third kappa shape index (κ3) is 3.96. The van der Waals surface area contributed by atoms with E-state index in [0.717, 1.165) is 19.0 Å². The van der Waals surface area contributed by atoms with Crippen LogP contribution in [0.5, 0.6) is 0 Å². The van der Waals surface area contributed by atoms with Crippen molar-refractivity contribution in [3.63, 3.8) is 0 Å². The van der Waals surface area contributed by atoms with E-state index in [2.05, 4.69) is 18.7 Å². The summed E-state index contributed by atoms with van der Waals surface area (Å²) in [5, 5.41) is 9.04. The van der Waals surface area contributed by atoms with Crippen molar-refractivity contribution in [2.75, 3.05) is 13.1 Å². The molecule has 0 aliphatic heterocycles. The molecule has 100 valence electrons. The number of aliphatic carboxylic acids is 1. The molecule has 3 N–H and O–H groups in total. The van der Waals surface area contributed by atoms with E-state index >= 15 is 0 Å². The Morgan fingerprint density at radius 1 is 1.59 bits per heavy atom. The maximum Gasteiger partial charge on any atom is 0.323 e. The molecule has 1 rings (SSSR count). The number of hydrogen-bond acceptors (Lipinski definition) is 3. The second-order valence-electron chi connectivity index (χ2n) is 5.66. The van der Waals surface area contributed by atoms with E-state index < -0.39 is 11.5 Å². The molecule has 0 aromatic carbocycles. The lowest BCUT2D eigenvalue weighted by molar-refractivity contribution is -0.143. The Kier molecular flexibility index (Phi) is 4.95. The Morgan fingerprint density at radius 3 is 2.53 bits per heavy atom. The highest BCUT2D eigenvalue weighted by molar-refractivity contribution is 5.77. The fourth-order valence-corrected chi connectivity index (χ4v) is 2.46. The molecule has 4 nitrogen and oxygen atoms in total. The van der Waals surface area contributed by atoms with Crippen LogP contribution in [-0.4, -0.2) is 40.6 Å². The first-order valence-corrected chi connectivity index (χ1v) is 6.63. The zero-order valence-electron chi connectivity index (χ0n) is 11.3. The molecule has 2 unspecified atom stereocenters. The van der Waals surface area contributed by atoms with Gasteiger partial charge in [-0.25, -0.2) is 0 Å². The van der Waals surface area contributed by atoms with Gasteiger partial charge in [0.25, 0.3) is 0 Å². The first-order chi connectivity index (χ1) is 7.86. The molecular formula is C13H26N2O2. The molecule has 0 amide bonds. The molecule has 17 heavy (non-hydrogen) atoms. The lowest BCUT2D eigenvalue weighted by Gasteiger charge is -2.37. The van der Waals surface area contributed by atoms with Crippen LogP contribution in [0.3, 0.4) is 0 Å². The van der Waals surface area contributed by atoms with E-state index in [-0.39, 0.29) is 6.04 Å². The van der Waals surface area contributed by atoms with Gasteiger partial charge in [0.1, 0.15) is 5.54 Å². The standard InChI is InChI=1S/C13H26N2O2/c1-4-15(9-11-6-5-7-11)10(2)8-13(3,14)12(16)17/h10-11H,4-9,14H2,1-3H3,(H,16,17). The average Bonchev–Trinajstić information content (AvgIpc) is 2.15. The quantitative estimate of drug-likeness (QED) is 0.713. The van der Waals surface area contributed by atoms with Gasteiger partial charge in [-0.1, -0.05) is 13.3 Å². The summed E-state index contributed by atoms with van der Waals surface area (Å²) < 4.78 is 0. The van der Waals surface area contributed by atoms with Crippen LogP contribution in [0.2, 0.25) is 0 Å². The number of hydrogen-bond donors (Lipinski definition) is 2. The molecule has 0 radical (unpaired) electrons. The third-order valence-corrected chi connectivity index (χ3v) is 3.95. The smallest absolute Gasteiger partial charge is 0.323 e. The third-order valence-electron chi connectivity index (χ3n) is 3.95. The molecule has 0 saturated heterocycles. The van der Waals surface area contributed by atoms with Crippen molar-refractivity contribution in [2.24, 2.45) is 11.7 Å². The highest BCUT2D eigenvalue weighted by atomic mass is 16.4. The van der Waals surface area contributed by atoms with Gasteiger partial charge in [0, 0.05) is 12.6 Å². The Morgan fingerprint density at radius 2 is 2.18 bits per heavy atom. The van der Waals surface area contributed by atoms with Gasteiger partial charge < -0.3 is 15.7 Å². The highest BCUT2D eigenvalue weighted by Gasteiger charge is 2.32. The first kappa shape index (κ1) is 14.5. The molecule has 1 saturated carbocycles. The van der Waals surface area contributed by atoms with Crippen LogP contribution in [0.25, 0.3) is 0 Å². The van der Waals surface area contributed by atoms with E-state index in [0.29, 0.717) is 6.42 Å². The number of carboxylic acid groups (broad SMARTS) is 1. The molecule has 0 aromatic rings. The molecular weight excluding hydrogens is 216 g/mol. The Bertz CT molecular complexity index is 262. The molecule has 2 atom stereocenters. The summed E-state index contributed by atoms with van der Waals surface area (Å²) in [6.45, 7) is 7.86. The monoisotopic (exact) mass is 242 g/mol. The summed E-state index contributed by atoms with van der Waals surface area (Å²) in [6, 6.07) is 0.228. The van der Waals surface area contributed by atoms with E-state index in [9.17, 15) is 4.79 Å². The summed E-state index contributed by atoms with van der Waals surface area (Å²) in [6.07, 6.45) is 4.49. The van der Waals surface area contributed by atoms with Gasteiger partial charge in [-0.05, 0) is 45.6 Å². The normalized spacial score (nSPS) is 21.9. The van der Waals surface area contributed by atoms with Gasteiger partial charge in [0.15, 0.2) is 0 Å². The molecule has 0 heterocycles. The van der Waals surface area contributed by atoms with Crippen LogP contribution in [0.1, 0.15) is 46.5 Å². The van der Waals surface area contributed by atoms with E-state index in [1.54, 1.807) is 6.92 Å². The number of rotatable bonds is 7. The van der Waals surface area contributed by atoms with Gasteiger partial charge in [0.05, 0.1) is 0 Å². The Balaban J connectivity index is 2.47. The van der Waals surface area contributed by atoms with Crippen LogP contribution in [0.4, 0.5) is 0 Å². The van der Waals surface area contributed by atoms with Crippen LogP contribution in [0, 0.1) is 5.92 Å². The van der Waals surface area contributed by atoms with Crippen molar-refractivity contribution in [1.82, 2.24) is 4.90 Å². The Labute approximate surface area is 104 Å². The van der Waals surface area contributed by atoms with Gasteiger partial charge in [-0.2, -0.15) is 0 Å². The molecule has 1 aliphatic rings. The van der Waals surface area contributed by atoms with E-state index in [1.807, 2.05) is 0 Å². The van der Waals surface area contributed by atoms with Crippen LogP contribution in [-0.2, 0) is 4.79 Å². The van der Waals surface area contributed by atoms with Crippen molar-refractivity contribution < 1.29 is 9.90 Å². The first-order valence-electron chi connectivity index (χ1n) is 6.63. The summed E-state index contributed by atoms with van der Waals surface area (Å²) in [7, 11) is 0.